The molecule has 9 heteroatoms. The second kappa shape index (κ2) is 12.8. The van der Waals surface area contributed by atoms with Gasteiger partial charge in [-0.1, -0.05) is 66.7 Å². The molecule has 0 spiro atoms. The number of hydrogen-bond donors (Lipinski definition) is 2. The number of nitrogens with zero attached hydrogens (tertiary/aromatic N) is 4. The van der Waals surface area contributed by atoms with Crippen molar-refractivity contribution in [2.24, 2.45) is 0 Å². The number of piperazine rings is 1. The highest BCUT2D eigenvalue weighted by Gasteiger charge is 2.28. The van der Waals surface area contributed by atoms with Crippen molar-refractivity contribution in [2.75, 3.05) is 56.4 Å². The highest BCUT2D eigenvalue weighted by molar-refractivity contribution is 7.93. The third-order valence-electron chi connectivity index (χ3n) is 9.37. The van der Waals surface area contributed by atoms with Gasteiger partial charge in [0.15, 0.2) is 0 Å². The minimum atomic E-state index is -3.78. The Kier molecular flexibility index (Phi) is 8.46. The van der Waals surface area contributed by atoms with E-state index < -0.39 is 10.0 Å². The van der Waals surface area contributed by atoms with Gasteiger partial charge in [-0.15, -0.1) is 0 Å². The molecule has 2 aliphatic rings. The van der Waals surface area contributed by atoms with Gasteiger partial charge in [-0.25, -0.2) is 18.4 Å². The van der Waals surface area contributed by atoms with E-state index in [9.17, 15) is 8.42 Å². The van der Waals surface area contributed by atoms with Gasteiger partial charge in [0.1, 0.15) is 0 Å². The van der Waals surface area contributed by atoms with Crippen LogP contribution in [0.4, 0.5) is 11.6 Å². The average Bonchev–Trinajstić information content (AvgIpc) is 3.07. The van der Waals surface area contributed by atoms with Gasteiger partial charge < -0.3 is 15.1 Å². The Morgan fingerprint density at radius 3 is 2.41 bits per heavy atom. The van der Waals surface area contributed by atoms with E-state index in [0.717, 1.165) is 90.8 Å². The fraction of sp³-hybridized carbons (Fsp3) is 0.297. The van der Waals surface area contributed by atoms with Crippen LogP contribution in [0.3, 0.4) is 0 Å². The summed E-state index contributed by atoms with van der Waals surface area (Å²) < 4.78 is 29.7. The van der Waals surface area contributed by atoms with E-state index in [2.05, 4.69) is 56.1 Å². The van der Waals surface area contributed by atoms with Crippen molar-refractivity contribution in [1.29, 1.82) is 0 Å². The maximum absolute atomic E-state index is 13.5. The molecule has 0 radical (unpaired) electrons. The van der Waals surface area contributed by atoms with E-state index in [1.807, 2.05) is 67.7 Å². The number of aryl methyl sites for hydroxylation is 1. The Morgan fingerprint density at radius 2 is 1.61 bits per heavy atom. The van der Waals surface area contributed by atoms with E-state index in [4.69, 9.17) is 4.98 Å². The van der Waals surface area contributed by atoms with E-state index in [1.165, 1.54) is 5.56 Å². The quantitative estimate of drug-likeness (QED) is 0.189. The number of anilines is 2. The normalized spacial score (nSPS) is 17.0. The van der Waals surface area contributed by atoms with Crippen LogP contribution in [0.1, 0.15) is 34.6 Å². The monoisotopic (exact) mass is 632 g/mol. The highest BCUT2D eigenvalue weighted by Crippen LogP contribution is 2.42. The maximum Gasteiger partial charge on any atom is 0.262 e. The van der Waals surface area contributed by atoms with Gasteiger partial charge in [-0.2, -0.15) is 0 Å². The highest BCUT2D eigenvalue weighted by atomic mass is 32.2. The smallest absolute Gasteiger partial charge is 0.262 e. The van der Waals surface area contributed by atoms with Crippen molar-refractivity contribution in [2.45, 2.75) is 30.6 Å². The first-order chi connectivity index (χ1) is 22.4. The molecule has 1 aliphatic heterocycles. The summed E-state index contributed by atoms with van der Waals surface area (Å²) in [7, 11) is -1.60. The largest absolute Gasteiger partial charge is 0.354 e. The zero-order valence-electron chi connectivity index (χ0n) is 26.4. The molecule has 8 nitrogen and oxygen atoms in total. The molecule has 2 N–H and O–H groups in total. The third kappa shape index (κ3) is 6.23. The summed E-state index contributed by atoms with van der Waals surface area (Å²) in [5, 5.41) is 5.10. The van der Waals surface area contributed by atoms with Gasteiger partial charge in [-0.3, -0.25) is 4.72 Å². The van der Waals surface area contributed by atoms with Crippen LogP contribution < -0.4 is 10.0 Å². The first-order valence-electron chi connectivity index (χ1n) is 16.1. The zero-order valence-corrected chi connectivity index (χ0v) is 27.2. The standard InChI is InChI=1S/C37H40N6O2S/c1-26-12-17-35(32-10-5-3-8-30(26)32)46(44,45)41-29-15-13-27(14-16-29)34-24-28-25-39-37(40-36(28)33-11-6-4-9-31(33)34)38-18-7-19-43-22-20-42(2)21-23-43/h3-6,8-17,25,34,41H,7,18-24H2,1-2H3,(H,38,39,40). The Balaban J connectivity index is 1.05. The number of nitrogens with one attached hydrogen (secondary N) is 2. The van der Waals surface area contributed by atoms with Crippen molar-refractivity contribution in [3.05, 3.63) is 113 Å². The predicted octanol–water partition coefficient (Wildman–Crippen LogP) is 6.14. The van der Waals surface area contributed by atoms with Crippen LogP contribution in [0.5, 0.6) is 0 Å². The molecule has 1 aliphatic carbocycles. The molecule has 1 unspecified atom stereocenters. The average molecular weight is 633 g/mol. The second-order valence-corrected chi connectivity index (χ2v) is 14.1. The summed E-state index contributed by atoms with van der Waals surface area (Å²) in [5.41, 5.74) is 7.13. The Morgan fingerprint density at radius 1 is 0.870 bits per heavy atom. The number of fused-ring (bicyclic) bond motifs is 4. The molecule has 236 valence electrons. The molecule has 7 rings (SSSR count). The number of sulfonamides is 1. The molecule has 1 fully saturated rings. The van der Waals surface area contributed by atoms with Crippen LogP contribution in [-0.4, -0.2) is 74.5 Å². The van der Waals surface area contributed by atoms with Gasteiger partial charge in [0.25, 0.3) is 10.0 Å². The summed E-state index contributed by atoms with van der Waals surface area (Å²) in [6, 6.07) is 27.4. The topological polar surface area (TPSA) is 90.5 Å². The molecule has 1 aromatic heterocycles. The fourth-order valence-electron chi connectivity index (χ4n) is 6.74. The molecule has 4 aromatic carbocycles. The summed E-state index contributed by atoms with van der Waals surface area (Å²) in [4.78, 5) is 14.8. The zero-order chi connectivity index (χ0) is 31.7. The van der Waals surface area contributed by atoms with Crippen LogP contribution in [0.15, 0.2) is 96.0 Å². The molecular weight excluding hydrogens is 593 g/mol. The fourth-order valence-corrected chi connectivity index (χ4v) is 8.01. The molecule has 0 bridgehead atoms. The lowest BCUT2D eigenvalue weighted by molar-refractivity contribution is 0.154. The molecule has 5 aromatic rings. The summed E-state index contributed by atoms with van der Waals surface area (Å²) >= 11 is 0. The first-order valence-corrected chi connectivity index (χ1v) is 17.6. The van der Waals surface area contributed by atoms with Crippen molar-refractivity contribution in [3.8, 4) is 11.3 Å². The summed E-state index contributed by atoms with van der Waals surface area (Å²) in [6.45, 7) is 8.45. The van der Waals surface area contributed by atoms with Crippen LogP contribution in [0.25, 0.3) is 22.0 Å². The Labute approximate surface area is 271 Å². The first kappa shape index (κ1) is 30.3. The van der Waals surface area contributed by atoms with Crippen molar-refractivity contribution < 1.29 is 8.42 Å². The van der Waals surface area contributed by atoms with Gasteiger partial charge in [-0.05, 0) is 79.2 Å². The third-order valence-corrected chi connectivity index (χ3v) is 10.8. The lowest BCUT2D eigenvalue weighted by Crippen LogP contribution is -2.44. The van der Waals surface area contributed by atoms with Gasteiger partial charge in [0.2, 0.25) is 5.95 Å². The summed E-state index contributed by atoms with van der Waals surface area (Å²) in [6.07, 6.45) is 3.79. The van der Waals surface area contributed by atoms with Gasteiger partial charge in [0, 0.05) is 61.5 Å². The molecule has 0 saturated carbocycles. The number of aromatic nitrogens is 2. The van der Waals surface area contributed by atoms with Gasteiger partial charge in [0.05, 0.1) is 10.6 Å². The molecule has 2 heterocycles. The van der Waals surface area contributed by atoms with E-state index in [1.54, 1.807) is 6.07 Å². The number of benzene rings is 4. The van der Waals surface area contributed by atoms with Crippen molar-refractivity contribution in [3.63, 3.8) is 0 Å². The SMILES string of the molecule is Cc1ccc(S(=O)(=O)Nc2ccc(C3Cc4cnc(NCCCN5CCN(C)CC5)nc4-c4ccccc43)cc2)c2ccccc12. The molecular formula is C37H40N6O2S. The Bertz CT molecular complexity index is 1970. The molecule has 1 atom stereocenters. The van der Waals surface area contributed by atoms with Crippen molar-refractivity contribution in [1.82, 2.24) is 19.8 Å². The summed E-state index contributed by atoms with van der Waals surface area (Å²) in [5.74, 6) is 0.782. The lowest BCUT2D eigenvalue weighted by Gasteiger charge is -2.32. The predicted molar refractivity (Wildman–Crippen MR) is 186 cm³/mol. The van der Waals surface area contributed by atoms with E-state index in [0.29, 0.717) is 11.6 Å². The lowest BCUT2D eigenvalue weighted by atomic mass is 9.78. The Hall–Kier alpha value is -4.31. The maximum atomic E-state index is 13.5. The molecule has 46 heavy (non-hydrogen) atoms. The van der Waals surface area contributed by atoms with E-state index >= 15 is 0 Å². The molecule has 1 saturated heterocycles. The van der Waals surface area contributed by atoms with Crippen LogP contribution in [0, 0.1) is 6.92 Å². The molecule has 0 amide bonds. The second-order valence-electron chi connectivity index (χ2n) is 12.5. The van der Waals surface area contributed by atoms with Crippen LogP contribution >= 0.6 is 0 Å². The van der Waals surface area contributed by atoms with E-state index in [-0.39, 0.29) is 10.8 Å². The minimum Gasteiger partial charge on any atom is -0.354 e. The number of hydrogen-bond acceptors (Lipinski definition) is 7. The van der Waals surface area contributed by atoms with Crippen LogP contribution in [-0.2, 0) is 16.4 Å². The number of likely N-dealkylation sites (N-methyl/N-ethyl adjacent to an activating group) is 1. The minimum absolute atomic E-state index is 0.112. The van der Waals surface area contributed by atoms with Crippen LogP contribution in [0.2, 0.25) is 0 Å². The van der Waals surface area contributed by atoms with Gasteiger partial charge >= 0.3 is 0 Å². The number of rotatable bonds is 9. The van der Waals surface area contributed by atoms with Crippen molar-refractivity contribution >= 4 is 32.4 Å².